The summed E-state index contributed by atoms with van der Waals surface area (Å²) < 4.78 is 43.4. The third kappa shape index (κ3) is 3.50. The SMILES string of the molecule is Cc1cc(C(=O)N[C@H](C)c2cccc(C(F)(F)F)c2)c(C)o1. The smallest absolute Gasteiger partial charge is 0.416 e. The fourth-order valence-electron chi connectivity index (χ4n) is 2.20. The van der Waals surface area contributed by atoms with Crippen molar-refractivity contribution in [1.82, 2.24) is 5.32 Å². The molecule has 22 heavy (non-hydrogen) atoms. The van der Waals surface area contributed by atoms with Gasteiger partial charge >= 0.3 is 6.18 Å². The first-order chi connectivity index (χ1) is 10.2. The van der Waals surface area contributed by atoms with E-state index in [2.05, 4.69) is 5.32 Å². The highest BCUT2D eigenvalue weighted by molar-refractivity contribution is 5.95. The molecule has 1 aromatic heterocycles. The minimum absolute atomic E-state index is 0.376. The highest BCUT2D eigenvalue weighted by atomic mass is 19.4. The number of hydrogen-bond acceptors (Lipinski definition) is 2. The summed E-state index contributed by atoms with van der Waals surface area (Å²) in [7, 11) is 0. The first-order valence-electron chi connectivity index (χ1n) is 6.73. The molecule has 2 rings (SSSR count). The summed E-state index contributed by atoms with van der Waals surface area (Å²) in [5.74, 6) is 0.708. The van der Waals surface area contributed by atoms with Crippen LogP contribution in [0.15, 0.2) is 34.7 Å². The third-order valence-electron chi connectivity index (χ3n) is 3.35. The van der Waals surface area contributed by atoms with E-state index in [4.69, 9.17) is 4.42 Å². The van der Waals surface area contributed by atoms with Gasteiger partial charge in [-0.05, 0) is 44.5 Å². The zero-order valence-electron chi connectivity index (χ0n) is 12.4. The van der Waals surface area contributed by atoms with Crippen LogP contribution in [0, 0.1) is 13.8 Å². The number of nitrogens with one attached hydrogen (secondary N) is 1. The van der Waals surface area contributed by atoms with Crippen molar-refractivity contribution in [3.05, 3.63) is 58.5 Å². The van der Waals surface area contributed by atoms with E-state index < -0.39 is 17.8 Å². The largest absolute Gasteiger partial charge is 0.466 e. The Morgan fingerprint density at radius 1 is 1.23 bits per heavy atom. The van der Waals surface area contributed by atoms with Crippen LogP contribution in [-0.2, 0) is 6.18 Å². The number of furan rings is 1. The third-order valence-corrected chi connectivity index (χ3v) is 3.35. The Labute approximate surface area is 126 Å². The summed E-state index contributed by atoms with van der Waals surface area (Å²) in [5.41, 5.74) is 0.0406. The van der Waals surface area contributed by atoms with Gasteiger partial charge in [-0.2, -0.15) is 13.2 Å². The zero-order chi connectivity index (χ0) is 16.5. The summed E-state index contributed by atoms with van der Waals surface area (Å²) in [6, 6.07) is 5.97. The summed E-state index contributed by atoms with van der Waals surface area (Å²) in [6.07, 6.45) is -4.40. The zero-order valence-corrected chi connectivity index (χ0v) is 12.4. The van der Waals surface area contributed by atoms with Crippen molar-refractivity contribution < 1.29 is 22.4 Å². The maximum Gasteiger partial charge on any atom is 0.416 e. The van der Waals surface area contributed by atoms with E-state index in [1.54, 1.807) is 32.9 Å². The van der Waals surface area contributed by atoms with Crippen molar-refractivity contribution in [2.24, 2.45) is 0 Å². The second-order valence-corrected chi connectivity index (χ2v) is 5.15. The molecule has 1 N–H and O–H groups in total. The van der Waals surface area contributed by atoms with Crippen LogP contribution in [0.4, 0.5) is 13.2 Å². The molecule has 3 nitrogen and oxygen atoms in total. The molecule has 0 radical (unpaired) electrons. The molecule has 0 aliphatic rings. The van der Waals surface area contributed by atoms with Gasteiger partial charge in [0.25, 0.3) is 5.91 Å². The first-order valence-corrected chi connectivity index (χ1v) is 6.73. The van der Waals surface area contributed by atoms with Gasteiger partial charge in [0, 0.05) is 0 Å². The Morgan fingerprint density at radius 2 is 1.91 bits per heavy atom. The molecular formula is C16H16F3NO2. The molecule has 2 aromatic rings. The molecular weight excluding hydrogens is 295 g/mol. The molecule has 0 bridgehead atoms. The maximum absolute atomic E-state index is 12.7. The second kappa shape index (κ2) is 5.87. The monoisotopic (exact) mass is 311 g/mol. The van der Waals surface area contributed by atoms with E-state index in [1.807, 2.05) is 0 Å². The minimum atomic E-state index is -4.40. The van der Waals surface area contributed by atoms with Crippen molar-refractivity contribution in [1.29, 1.82) is 0 Å². The normalized spacial score (nSPS) is 13.0. The molecule has 0 fully saturated rings. The van der Waals surface area contributed by atoms with Gasteiger partial charge < -0.3 is 9.73 Å². The summed E-state index contributed by atoms with van der Waals surface area (Å²) in [6.45, 7) is 5.02. The second-order valence-electron chi connectivity index (χ2n) is 5.15. The van der Waals surface area contributed by atoms with Crippen LogP contribution in [0.1, 0.15) is 46.0 Å². The van der Waals surface area contributed by atoms with Crippen LogP contribution in [0.5, 0.6) is 0 Å². The number of rotatable bonds is 3. The Hall–Kier alpha value is -2.24. The summed E-state index contributed by atoms with van der Waals surface area (Å²) >= 11 is 0. The van der Waals surface area contributed by atoms with E-state index >= 15 is 0 Å². The molecule has 1 aromatic carbocycles. The molecule has 0 unspecified atom stereocenters. The fourth-order valence-corrected chi connectivity index (χ4v) is 2.20. The van der Waals surface area contributed by atoms with Crippen molar-refractivity contribution >= 4 is 5.91 Å². The molecule has 118 valence electrons. The predicted molar refractivity (Wildman–Crippen MR) is 75.5 cm³/mol. The average molecular weight is 311 g/mol. The van der Waals surface area contributed by atoms with Crippen LogP contribution >= 0.6 is 0 Å². The number of carbonyl (C=O) groups is 1. The van der Waals surface area contributed by atoms with E-state index in [9.17, 15) is 18.0 Å². The molecule has 1 amide bonds. The summed E-state index contributed by atoms with van der Waals surface area (Å²) in [5, 5.41) is 2.68. The lowest BCUT2D eigenvalue weighted by atomic mass is 10.0. The highest BCUT2D eigenvalue weighted by Crippen LogP contribution is 2.30. The van der Waals surface area contributed by atoms with Crippen LogP contribution in [0.2, 0.25) is 0 Å². The van der Waals surface area contributed by atoms with Crippen molar-refractivity contribution in [2.45, 2.75) is 33.0 Å². The quantitative estimate of drug-likeness (QED) is 0.912. The molecule has 1 heterocycles. The van der Waals surface area contributed by atoms with Crippen LogP contribution in [0.3, 0.4) is 0 Å². The molecule has 0 saturated carbocycles. The molecule has 0 aliphatic heterocycles. The number of amides is 1. The minimum Gasteiger partial charge on any atom is -0.466 e. The van der Waals surface area contributed by atoms with Crippen LogP contribution < -0.4 is 5.32 Å². The molecule has 0 spiro atoms. The molecule has 6 heteroatoms. The van der Waals surface area contributed by atoms with Crippen molar-refractivity contribution in [3.63, 3.8) is 0 Å². The Morgan fingerprint density at radius 3 is 2.45 bits per heavy atom. The van der Waals surface area contributed by atoms with Gasteiger partial charge in [0.05, 0.1) is 17.2 Å². The molecule has 0 saturated heterocycles. The topological polar surface area (TPSA) is 42.2 Å². The van der Waals surface area contributed by atoms with Gasteiger partial charge in [-0.1, -0.05) is 12.1 Å². The average Bonchev–Trinajstić information content (AvgIpc) is 2.77. The van der Waals surface area contributed by atoms with E-state index in [0.717, 1.165) is 12.1 Å². The van der Waals surface area contributed by atoms with Gasteiger partial charge in [-0.3, -0.25) is 4.79 Å². The predicted octanol–water partition coefficient (Wildman–Crippen LogP) is 4.41. The highest BCUT2D eigenvalue weighted by Gasteiger charge is 2.30. The van der Waals surface area contributed by atoms with Gasteiger partial charge in [0.15, 0.2) is 0 Å². The van der Waals surface area contributed by atoms with Gasteiger partial charge in [-0.15, -0.1) is 0 Å². The lowest BCUT2D eigenvalue weighted by Crippen LogP contribution is -2.27. The van der Waals surface area contributed by atoms with Crippen LogP contribution in [0.25, 0.3) is 0 Å². The number of halogens is 3. The number of aryl methyl sites for hydroxylation is 2. The van der Waals surface area contributed by atoms with Gasteiger partial charge in [-0.25, -0.2) is 0 Å². The number of hydrogen-bond donors (Lipinski definition) is 1. The number of carbonyl (C=O) groups excluding carboxylic acids is 1. The maximum atomic E-state index is 12.7. The van der Waals surface area contributed by atoms with Crippen LogP contribution in [-0.4, -0.2) is 5.91 Å². The Bertz CT molecular complexity index is 689. The van der Waals surface area contributed by atoms with Crippen molar-refractivity contribution in [2.75, 3.05) is 0 Å². The molecule has 0 aliphatic carbocycles. The van der Waals surface area contributed by atoms with E-state index in [-0.39, 0.29) is 5.91 Å². The van der Waals surface area contributed by atoms with E-state index in [1.165, 1.54) is 6.07 Å². The summed E-state index contributed by atoms with van der Waals surface area (Å²) in [4.78, 5) is 12.2. The number of alkyl halides is 3. The van der Waals surface area contributed by atoms with Crippen molar-refractivity contribution in [3.8, 4) is 0 Å². The first kappa shape index (κ1) is 16.1. The standard InChI is InChI=1S/C16H16F3NO2/c1-9-7-14(11(3)22-9)15(21)20-10(2)12-5-4-6-13(8-12)16(17,18)19/h4-8,10H,1-3H3,(H,20,21)/t10-/m1/s1. The lowest BCUT2D eigenvalue weighted by Gasteiger charge is -2.16. The van der Waals surface area contributed by atoms with Gasteiger partial charge in [0.2, 0.25) is 0 Å². The molecule has 1 atom stereocenters. The number of benzene rings is 1. The van der Waals surface area contributed by atoms with E-state index in [0.29, 0.717) is 22.6 Å². The fraction of sp³-hybridized carbons (Fsp3) is 0.312. The Balaban J connectivity index is 2.17. The van der Waals surface area contributed by atoms with Gasteiger partial charge in [0.1, 0.15) is 11.5 Å². The lowest BCUT2D eigenvalue weighted by molar-refractivity contribution is -0.137. The Kier molecular flexibility index (Phi) is 4.30.